The molecule has 0 heterocycles. The van der Waals surface area contributed by atoms with Crippen molar-refractivity contribution < 1.29 is 37.1 Å². The van der Waals surface area contributed by atoms with Gasteiger partial charge in [0, 0.05) is 17.1 Å². The topological polar surface area (TPSA) is 66.8 Å². The van der Waals surface area contributed by atoms with Gasteiger partial charge >= 0.3 is 6.16 Å². The van der Waals surface area contributed by atoms with Gasteiger partial charge in [-0.3, -0.25) is 4.89 Å². The van der Waals surface area contributed by atoms with Crippen LogP contribution in [0.2, 0.25) is 0 Å². The second-order valence-corrected chi connectivity index (χ2v) is 0.357. The van der Waals surface area contributed by atoms with Crippen molar-refractivity contribution in [1.82, 2.24) is 0 Å². The Balaban J connectivity index is 0. The number of hydrogen-bond acceptors (Lipinski definition) is 3. The van der Waals surface area contributed by atoms with Crippen LogP contribution in [-0.2, 0) is 22.0 Å². The zero-order valence-corrected chi connectivity index (χ0v) is 3.45. The molecule has 1 radical (unpaired) electrons. The molecule has 5 heteroatoms. The van der Waals surface area contributed by atoms with Crippen LogP contribution in [0.3, 0.4) is 0 Å². The Morgan fingerprint density at radius 3 is 1.83 bits per heavy atom. The largest absolute Gasteiger partial charge is 0.537 e. The third kappa shape index (κ3) is 9.26. The van der Waals surface area contributed by atoms with Gasteiger partial charge in [0.25, 0.3) is 0 Å². The molecule has 6 heavy (non-hydrogen) atoms. The molecule has 2 N–H and O–H groups in total. The summed E-state index contributed by atoms with van der Waals surface area (Å²) in [5.74, 6) is 0. The first-order valence-electron chi connectivity index (χ1n) is 0.814. The molecule has 0 amide bonds. The van der Waals surface area contributed by atoms with Crippen molar-refractivity contribution in [3.05, 3.63) is 0 Å². The van der Waals surface area contributed by atoms with Gasteiger partial charge < -0.3 is 5.11 Å². The summed E-state index contributed by atoms with van der Waals surface area (Å²) in [6, 6.07) is 0. The minimum atomic E-state index is -1.69. The van der Waals surface area contributed by atoms with Crippen molar-refractivity contribution in [2.24, 2.45) is 0 Å². The molecular formula is CH2CuO4. The number of hydrogen-bond donors (Lipinski definition) is 2. The van der Waals surface area contributed by atoms with Crippen LogP contribution < -0.4 is 0 Å². The molecular weight excluding hydrogens is 140 g/mol. The van der Waals surface area contributed by atoms with Crippen LogP contribution >= 0.6 is 0 Å². The first kappa shape index (κ1) is 9.23. The van der Waals surface area contributed by atoms with Crippen LogP contribution in [0.15, 0.2) is 0 Å². The maximum atomic E-state index is 8.90. The molecule has 0 bridgehead atoms. The third-order valence-electron chi connectivity index (χ3n) is 0.0781. The fraction of sp³-hybridized carbons (Fsp3) is 0. The van der Waals surface area contributed by atoms with Gasteiger partial charge in [-0.05, 0) is 0 Å². The summed E-state index contributed by atoms with van der Waals surface area (Å²) in [6.45, 7) is 0. The van der Waals surface area contributed by atoms with Gasteiger partial charge in [-0.1, -0.05) is 0 Å². The van der Waals surface area contributed by atoms with Crippen LogP contribution in [0.5, 0.6) is 0 Å². The Hall–Kier alpha value is -0.251. The van der Waals surface area contributed by atoms with Crippen molar-refractivity contribution in [1.29, 1.82) is 0 Å². The molecule has 0 aromatic rings. The van der Waals surface area contributed by atoms with E-state index in [0.717, 1.165) is 0 Å². The van der Waals surface area contributed by atoms with Gasteiger partial charge in [0.05, 0.1) is 0 Å². The molecule has 0 aliphatic carbocycles. The number of carboxylic acid groups (broad SMARTS) is 1. The number of rotatable bonds is 0. The SMILES string of the molecule is O=C(O)OO.[Cu]. The van der Waals surface area contributed by atoms with Gasteiger partial charge in [-0.15, -0.1) is 0 Å². The van der Waals surface area contributed by atoms with E-state index in [1.807, 2.05) is 0 Å². The summed E-state index contributed by atoms with van der Waals surface area (Å²) in [7, 11) is 0. The van der Waals surface area contributed by atoms with Crippen LogP contribution in [0.4, 0.5) is 4.79 Å². The minimum absolute atomic E-state index is 0. The third-order valence-corrected chi connectivity index (χ3v) is 0.0781. The zero-order valence-electron chi connectivity index (χ0n) is 2.51. The minimum Gasteiger partial charge on any atom is -0.448 e. The number of carbonyl (C=O) groups is 1. The standard InChI is InChI=1S/CH2O4.Cu/c2-1(3)5-4;/h4H,(H,2,3);. The molecule has 0 spiro atoms. The molecule has 0 aromatic carbocycles. The van der Waals surface area contributed by atoms with E-state index >= 15 is 0 Å². The molecule has 0 rings (SSSR count). The quantitative estimate of drug-likeness (QED) is 0.286. The van der Waals surface area contributed by atoms with Gasteiger partial charge in [0.1, 0.15) is 0 Å². The molecule has 41 valence electrons. The van der Waals surface area contributed by atoms with E-state index in [4.69, 9.17) is 15.2 Å². The summed E-state index contributed by atoms with van der Waals surface area (Å²) in [4.78, 5) is 11.6. The Morgan fingerprint density at radius 2 is 1.83 bits per heavy atom. The summed E-state index contributed by atoms with van der Waals surface area (Å²) in [6.07, 6.45) is -1.69. The Labute approximate surface area is 44.1 Å². The first-order chi connectivity index (χ1) is 2.27. The zero-order chi connectivity index (χ0) is 4.28. The van der Waals surface area contributed by atoms with Crippen LogP contribution in [-0.4, -0.2) is 16.5 Å². The maximum absolute atomic E-state index is 8.90. The summed E-state index contributed by atoms with van der Waals surface area (Å²) in [5.41, 5.74) is 0. The average Bonchev–Trinajstić information content (AvgIpc) is 1.38. The van der Waals surface area contributed by atoms with E-state index < -0.39 is 6.16 Å². The van der Waals surface area contributed by atoms with Crippen LogP contribution in [0, 0.1) is 0 Å². The van der Waals surface area contributed by atoms with E-state index in [0.29, 0.717) is 0 Å². The van der Waals surface area contributed by atoms with E-state index in [2.05, 4.69) is 4.89 Å². The molecule has 0 saturated carbocycles. The fourth-order valence-electron chi connectivity index (χ4n) is 0. The predicted molar refractivity (Wildman–Crippen MR) is 11.7 cm³/mol. The molecule has 0 fully saturated rings. The van der Waals surface area contributed by atoms with Gasteiger partial charge in [-0.25, -0.2) is 4.79 Å². The van der Waals surface area contributed by atoms with Crippen molar-refractivity contribution in [2.45, 2.75) is 0 Å². The maximum Gasteiger partial charge on any atom is 0.537 e. The van der Waals surface area contributed by atoms with Gasteiger partial charge in [0.2, 0.25) is 0 Å². The molecule has 0 saturated heterocycles. The van der Waals surface area contributed by atoms with Gasteiger partial charge in [-0.2, -0.15) is 5.26 Å². The van der Waals surface area contributed by atoms with Crippen molar-refractivity contribution >= 4 is 6.16 Å². The van der Waals surface area contributed by atoms with E-state index in [-0.39, 0.29) is 17.1 Å². The molecule has 0 aliphatic heterocycles. The fourth-order valence-corrected chi connectivity index (χ4v) is 0. The smallest absolute Gasteiger partial charge is 0.448 e. The van der Waals surface area contributed by atoms with Crippen molar-refractivity contribution in [3.8, 4) is 0 Å². The Morgan fingerprint density at radius 1 is 1.67 bits per heavy atom. The second kappa shape index (κ2) is 4.75. The summed E-state index contributed by atoms with van der Waals surface area (Å²) < 4.78 is 0. The van der Waals surface area contributed by atoms with Crippen LogP contribution in [0.25, 0.3) is 0 Å². The average molecular weight is 142 g/mol. The van der Waals surface area contributed by atoms with Crippen LogP contribution in [0.1, 0.15) is 0 Å². The predicted octanol–water partition coefficient (Wildman–Crippen LogP) is 0.151. The van der Waals surface area contributed by atoms with E-state index in [1.165, 1.54) is 0 Å². The van der Waals surface area contributed by atoms with E-state index in [9.17, 15) is 0 Å². The van der Waals surface area contributed by atoms with Crippen molar-refractivity contribution in [3.63, 3.8) is 0 Å². The molecule has 0 aromatic heterocycles. The molecule has 0 unspecified atom stereocenters. The monoisotopic (exact) mass is 141 g/mol. The Kier molecular flexibility index (Phi) is 7.30. The second-order valence-electron chi connectivity index (χ2n) is 0.357. The molecule has 4 nitrogen and oxygen atoms in total. The molecule has 0 aliphatic rings. The molecule has 0 atom stereocenters. The van der Waals surface area contributed by atoms with E-state index in [1.54, 1.807) is 0 Å². The van der Waals surface area contributed by atoms with Crippen molar-refractivity contribution in [2.75, 3.05) is 0 Å². The summed E-state index contributed by atoms with van der Waals surface area (Å²) in [5, 5.41) is 14.3. The van der Waals surface area contributed by atoms with Gasteiger partial charge in [0.15, 0.2) is 0 Å². The summed E-state index contributed by atoms with van der Waals surface area (Å²) >= 11 is 0. The first-order valence-corrected chi connectivity index (χ1v) is 0.814. The normalized spacial score (nSPS) is 5.50. The Bertz CT molecular complexity index is 42.8.